The van der Waals surface area contributed by atoms with Crippen LogP contribution in [0, 0.1) is 0 Å². The highest BCUT2D eigenvalue weighted by atomic mass is 16.2. The minimum atomic E-state index is 0.0683. The molecule has 0 N–H and O–H groups in total. The molecule has 0 saturated carbocycles. The quantitative estimate of drug-likeness (QED) is 0.579. The molecular weight excluding hydrogens is 252 g/mol. The Morgan fingerprint density at radius 1 is 0.900 bits per heavy atom. The van der Waals surface area contributed by atoms with Crippen LogP contribution in [0.5, 0.6) is 0 Å². The molecule has 1 amide bonds. The summed E-state index contributed by atoms with van der Waals surface area (Å²) in [6.07, 6.45) is 8.34. The van der Waals surface area contributed by atoms with Gasteiger partial charge >= 0.3 is 0 Å². The first-order valence-corrected chi connectivity index (χ1v) is 8.36. The molecule has 0 atom stereocenters. The number of nitrogens with zero attached hydrogens (tertiary/aromatic N) is 2. The van der Waals surface area contributed by atoms with Gasteiger partial charge in [0.25, 0.3) is 0 Å². The van der Waals surface area contributed by atoms with Crippen molar-refractivity contribution >= 4 is 5.91 Å². The fraction of sp³-hybridized carbons (Fsp3) is 0.938. The van der Waals surface area contributed by atoms with Gasteiger partial charge < -0.3 is 4.90 Å². The lowest BCUT2D eigenvalue weighted by Gasteiger charge is -2.34. The number of hydrogen-bond acceptors (Lipinski definition) is 2. The largest absolute Gasteiger partial charge is 0.340 e. The van der Waals surface area contributed by atoms with Crippen LogP contribution in [0.3, 0.4) is 0 Å². The molecule has 0 unspecified atom stereocenters. The zero-order valence-electron chi connectivity index (χ0n) is 13.1. The summed E-state index contributed by atoms with van der Waals surface area (Å²) in [7, 11) is 0. The number of piperazine rings is 1. The van der Waals surface area contributed by atoms with Crippen LogP contribution in [0.15, 0.2) is 0 Å². The van der Waals surface area contributed by atoms with Crippen molar-refractivity contribution in [2.24, 2.45) is 0 Å². The zero-order valence-corrected chi connectivity index (χ0v) is 13.1. The van der Waals surface area contributed by atoms with Crippen LogP contribution in [-0.2, 0) is 9.90 Å². The smallest absolute Gasteiger partial charge is 0.222 e. The van der Waals surface area contributed by atoms with E-state index in [1.165, 1.54) is 19.3 Å². The van der Waals surface area contributed by atoms with E-state index >= 15 is 0 Å². The maximum absolute atomic E-state index is 12.0. The van der Waals surface area contributed by atoms with E-state index in [1.807, 2.05) is 4.90 Å². The van der Waals surface area contributed by atoms with Crippen LogP contribution >= 0.6 is 0 Å². The van der Waals surface area contributed by atoms with Crippen molar-refractivity contribution in [3.05, 3.63) is 0 Å². The van der Waals surface area contributed by atoms with E-state index in [1.54, 1.807) is 0 Å². The minimum Gasteiger partial charge on any atom is -0.340 e. The molecule has 0 spiro atoms. The van der Waals surface area contributed by atoms with Gasteiger partial charge in [0.05, 0.1) is 6.61 Å². The van der Waals surface area contributed by atoms with Crippen LogP contribution in [0.1, 0.15) is 58.3 Å². The van der Waals surface area contributed by atoms with Crippen molar-refractivity contribution in [2.45, 2.75) is 58.3 Å². The first kappa shape index (κ1) is 17.4. The Balaban J connectivity index is 2.05. The third kappa shape index (κ3) is 7.25. The minimum absolute atomic E-state index is 0.0683. The lowest BCUT2D eigenvalue weighted by atomic mass is 10.1. The van der Waals surface area contributed by atoms with Gasteiger partial charge in [-0.2, -0.15) is 0 Å². The van der Waals surface area contributed by atoms with E-state index in [2.05, 4.69) is 11.8 Å². The fourth-order valence-corrected chi connectivity index (χ4v) is 2.70. The summed E-state index contributed by atoms with van der Waals surface area (Å²) in [6, 6.07) is 0. The van der Waals surface area contributed by atoms with E-state index in [0.29, 0.717) is 5.91 Å². The lowest BCUT2D eigenvalue weighted by molar-refractivity contribution is -0.133. The summed E-state index contributed by atoms with van der Waals surface area (Å²) >= 11 is 0. The van der Waals surface area contributed by atoms with E-state index < -0.39 is 0 Å². The number of carbonyl (C=O) groups is 1. The maximum atomic E-state index is 12.0. The number of carbonyl (C=O) groups excluding carboxylic acids is 1. The average Bonchev–Trinajstić information content (AvgIpc) is 2.48. The van der Waals surface area contributed by atoms with Crippen LogP contribution in [-0.4, -0.2) is 55.0 Å². The highest BCUT2D eigenvalue weighted by Crippen LogP contribution is 2.09. The molecule has 1 radical (unpaired) electrons. The van der Waals surface area contributed by atoms with Crippen LogP contribution in [0.4, 0.5) is 0 Å². The molecule has 0 aromatic carbocycles. The van der Waals surface area contributed by atoms with Gasteiger partial charge in [-0.1, -0.05) is 32.6 Å². The van der Waals surface area contributed by atoms with Crippen LogP contribution in [0.25, 0.3) is 0 Å². The predicted octanol–water partition coefficient (Wildman–Crippen LogP) is 2.70. The summed E-state index contributed by atoms with van der Waals surface area (Å²) < 4.78 is 0. The van der Waals surface area contributed by atoms with Gasteiger partial charge in [-0.25, -0.2) is 5.11 Å². The molecule has 1 saturated heterocycles. The normalized spacial score (nSPS) is 16.6. The monoisotopic (exact) mass is 283 g/mol. The Morgan fingerprint density at radius 2 is 1.60 bits per heavy atom. The van der Waals surface area contributed by atoms with Gasteiger partial charge in [0.15, 0.2) is 0 Å². The Bertz CT molecular complexity index is 251. The van der Waals surface area contributed by atoms with Crippen LogP contribution < -0.4 is 0 Å². The predicted molar refractivity (Wildman–Crippen MR) is 81.2 cm³/mol. The second-order valence-electron chi connectivity index (χ2n) is 5.80. The first-order valence-electron chi connectivity index (χ1n) is 8.36. The molecule has 1 rings (SSSR count). The molecule has 1 heterocycles. The number of amides is 1. The topological polar surface area (TPSA) is 43.5 Å². The van der Waals surface area contributed by atoms with Crippen molar-refractivity contribution in [3.8, 4) is 0 Å². The standard InChI is InChI=1S/C16H31N2O2/c1-2-3-6-9-16(20)18-13-11-17(12-14-18)10-7-4-5-8-15-19/h2-15H2,1H3. The molecule has 1 aliphatic rings. The van der Waals surface area contributed by atoms with Gasteiger partial charge in [0, 0.05) is 32.6 Å². The van der Waals surface area contributed by atoms with Gasteiger partial charge in [-0.15, -0.1) is 0 Å². The molecule has 0 aliphatic carbocycles. The molecule has 117 valence electrons. The van der Waals surface area contributed by atoms with Crippen molar-refractivity contribution in [3.63, 3.8) is 0 Å². The summed E-state index contributed by atoms with van der Waals surface area (Å²) in [6.45, 7) is 7.18. The molecule has 4 heteroatoms. The zero-order chi connectivity index (χ0) is 14.6. The number of hydrogen-bond donors (Lipinski definition) is 0. The highest BCUT2D eigenvalue weighted by molar-refractivity contribution is 5.76. The second kappa shape index (κ2) is 11.1. The van der Waals surface area contributed by atoms with Crippen molar-refractivity contribution in [1.29, 1.82) is 0 Å². The summed E-state index contributed by atoms with van der Waals surface area (Å²) in [4.78, 5) is 16.5. The van der Waals surface area contributed by atoms with Crippen molar-refractivity contribution in [2.75, 3.05) is 39.3 Å². The van der Waals surface area contributed by atoms with E-state index in [-0.39, 0.29) is 6.61 Å². The Hall–Kier alpha value is -0.610. The first-order chi connectivity index (χ1) is 9.77. The Morgan fingerprint density at radius 3 is 2.25 bits per heavy atom. The summed E-state index contributed by atoms with van der Waals surface area (Å²) in [5, 5.41) is 10.3. The van der Waals surface area contributed by atoms with Gasteiger partial charge in [0.1, 0.15) is 0 Å². The molecule has 1 fully saturated rings. The average molecular weight is 283 g/mol. The van der Waals surface area contributed by atoms with Gasteiger partial charge in [-0.3, -0.25) is 9.69 Å². The molecule has 4 nitrogen and oxygen atoms in total. The Kier molecular flexibility index (Phi) is 9.67. The van der Waals surface area contributed by atoms with Crippen molar-refractivity contribution < 1.29 is 9.90 Å². The molecular formula is C16H31N2O2. The second-order valence-corrected chi connectivity index (χ2v) is 5.80. The molecule has 0 aromatic rings. The fourth-order valence-electron chi connectivity index (χ4n) is 2.70. The molecule has 20 heavy (non-hydrogen) atoms. The number of rotatable bonds is 10. The van der Waals surface area contributed by atoms with Gasteiger partial charge in [0.2, 0.25) is 5.91 Å². The third-order valence-corrected chi connectivity index (χ3v) is 4.09. The summed E-state index contributed by atoms with van der Waals surface area (Å²) in [5.74, 6) is 0.341. The highest BCUT2D eigenvalue weighted by Gasteiger charge is 2.19. The molecule has 1 aliphatic heterocycles. The SMILES string of the molecule is CCCCCC(=O)N1CCN(CCCCCC[O])CC1. The van der Waals surface area contributed by atoms with E-state index in [0.717, 1.165) is 64.8 Å². The Labute approximate surface area is 124 Å². The number of unbranched alkanes of at least 4 members (excludes halogenated alkanes) is 5. The third-order valence-electron chi connectivity index (χ3n) is 4.09. The van der Waals surface area contributed by atoms with E-state index in [9.17, 15) is 9.90 Å². The van der Waals surface area contributed by atoms with Crippen LogP contribution in [0.2, 0.25) is 0 Å². The molecule has 0 bridgehead atoms. The van der Waals surface area contributed by atoms with E-state index in [4.69, 9.17) is 0 Å². The molecule has 0 aromatic heterocycles. The lowest BCUT2D eigenvalue weighted by Crippen LogP contribution is -2.48. The van der Waals surface area contributed by atoms with Gasteiger partial charge in [-0.05, 0) is 25.8 Å². The van der Waals surface area contributed by atoms with Crippen molar-refractivity contribution in [1.82, 2.24) is 9.80 Å². The summed E-state index contributed by atoms with van der Waals surface area (Å²) in [5.41, 5.74) is 0. The maximum Gasteiger partial charge on any atom is 0.222 e.